The highest BCUT2D eigenvalue weighted by Crippen LogP contribution is 2.06. The van der Waals surface area contributed by atoms with Crippen LogP contribution in [0.1, 0.15) is 0 Å². The van der Waals surface area contributed by atoms with E-state index in [1.807, 2.05) is 0 Å². The second-order valence-corrected chi connectivity index (χ2v) is 3.78. The van der Waals surface area contributed by atoms with Gasteiger partial charge in [0.05, 0.1) is 6.20 Å². The van der Waals surface area contributed by atoms with E-state index >= 15 is 0 Å². The molecule has 1 fully saturated rings. The molecule has 0 saturated carbocycles. The van der Waals surface area contributed by atoms with E-state index in [2.05, 4.69) is 15.6 Å². The van der Waals surface area contributed by atoms with Crippen LogP contribution in [0.4, 0.5) is 0 Å². The first-order valence-electron chi connectivity index (χ1n) is 5.21. The minimum Gasteiger partial charge on any atom is -0.480 e. The summed E-state index contributed by atoms with van der Waals surface area (Å²) in [5.74, 6) is -2.01. The fraction of sp³-hybridized carbons (Fsp3) is 0.444. The van der Waals surface area contributed by atoms with E-state index in [0.717, 1.165) is 4.90 Å². The molecule has 96 valence electrons. The van der Waals surface area contributed by atoms with Gasteiger partial charge in [-0.05, 0) is 0 Å². The zero-order valence-electron chi connectivity index (χ0n) is 9.31. The third kappa shape index (κ3) is 2.44. The zero-order valence-corrected chi connectivity index (χ0v) is 9.31. The number of carbonyl (C=O) groups excluding carboxylic acids is 2. The Morgan fingerprint density at radius 1 is 1.56 bits per heavy atom. The topological polar surface area (TPSA) is 117 Å². The van der Waals surface area contributed by atoms with Gasteiger partial charge in [0.15, 0.2) is 0 Å². The SMILES string of the molecule is O=C1CN(C(=O)Cn2ccnn2)C(C(=O)O)CN1. The van der Waals surface area contributed by atoms with Gasteiger partial charge in [-0.25, -0.2) is 9.48 Å². The van der Waals surface area contributed by atoms with Crippen LogP contribution in [0.25, 0.3) is 0 Å². The molecule has 0 aliphatic carbocycles. The molecular formula is C9H11N5O4. The Labute approximate surface area is 101 Å². The second-order valence-electron chi connectivity index (χ2n) is 3.78. The number of hydrogen-bond acceptors (Lipinski definition) is 5. The number of carboxylic acids is 1. The summed E-state index contributed by atoms with van der Waals surface area (Å²) in [7, 11) is 0. The van der Waals surface area contributed by atoms with Crippen LogP contribution in [0.15, 0.2) is 12.4 Å². The van der Waals surface area contributed by atoms with Crippen molar-refractivity contribution in [3.05, 3.63) is 12.4 Å². The number of aromatic nitrogens is 3. The van der Waals surface area contributed by atoms with Crippen molar-refractivity contribution >= 4 is 17.8 Å². The maximum atomic E-state index is 11.9. The van der Waals surface area contributed by atoms with Crippen molar-refractivity contribution in [1.29, 1.82) is 0 Å². The Bertz CT molecular complexity index is 471. The van der Waals surface area contributed by atoms with Gasteiger partial charge in [0, 0.05) is 12.7 Å². The lowest BCUT2D eigenvalue weighted by Crippen LogP contribution is -2.59. The molecule has 0 bridgehead atoms. The van der Waals surface area contributed by atoms with Gasteiger partial charge in [-0.15, -0.1) is 5.10 Å². The molecule has 1 unspecified atom stereocenters. The van der Waals surface area contributed by atoms with Crippen LogP contribution in [-0.2, 0) is 20.9 Å². The largest absolute Gasteiger partial charge is 0.480 e. The van der Waals surface area contributed by atoms with Crippen molar-refractivity contribution in [2.75, 3.05) is 13.1 Å². The number of piperazine rings is 1. The van der Waals surface area contributed by atoms with E-state index < -0.39 is 17.9 Å². The third-order valence-corrected chi connectivity index (χ3v) is 2.56. The molecule has 0 spiro atoms. The normalized spacial score (nSPS) is 19.4. The number of carboxylic acid groups (broad SMARTS) is 1. The molecule has 1 aliphatic rings. The van der Waals surface area contributed by atoms with Gasteiger partial charge >= 0.3 is 5.97 Å². The number of carbonyl (C=O) groups is 3. The zero-order chi connectivity index (χ0) is 13.1. The summed E-state index contributed by atoms with van der Waals surface area (Å²) >= 11 is 0. The van der Waals surface area contributed by atoms with Crippen LogP contribution in [0.3, 0.4) is 0 Å². The molecule has 2 rings (SSSR count). The van der Waals surface area contributed by atoms with Gasteiger partial charge in [0.1, 0.15) is 19.1 Å². The first-order valence-corrected chi connectivity index (χ1v) is 5.21. The highest BCUT2D eigenvalue weighted by Gasteiger charge is 2.35. The van der Waals surface area contributed by atoms with Gasteiger partial charge in [-0.3, -0.25) is 9.59 Å². The predicted octanol–water partition coefficient (Wildman–Crippen LogP) is -2.31. The second kappa shape index (κ2) is 4.82. The Kier molecular flexibility index (Phi) is 3.22. The monoisotopic (exact) mass is 253 g/mol. The minimum atomic E-state index is -1.15. The van der Waals surface area contributed by atoms with Gasteiger partial charge < -0.3 is 15.3 Å². The van der Waals surface area contributed by atoms with E-state index in [1.165, 1.54) is 17.1 Å². The van der Waals surface area contributed by atoms with Crippen LogP contribution < -0.4 is 5.32 Å². The summed E-state index contributed by atoms with van der Waals surface area (Å²) in [5.41, 5.74) is 0. The lowest BCUT2D eigenvalue weighted by atomic mass is 10.2. The quantitative estimate of drug-likeness (QED) is 0.625. The van der Waals surface area contributed by atoms with Crippen molar-refractivity contribution in [2.24, 2.45) is 0 Å². The van der Waals surface area contributed by atoms with E-state index in [-0.39, 0.29) is 25.5 Å². The first-order chi connectivity index (χ1) is 8.58. The highest BCUT2D eigenvalue weighted by atomic mass is 16.4. The smallest absolute Gasteiger partial charge is 0.328 e. The van der Waals surface area contributed by atoms with Gasteiger partial charge in [0.25, 0.3) is 0 Å². The van der Waals surface area contributed by atoms with E-state index in [9.17, 15) is 14.4 Å². The Morgan fingerprint density at radius 3 is 2.94 bits per heavy atom. The molecule has 0 aromatic carbocycles. The standard InChI is InChI=1S/C9H11N5O4/c15-7-4-14(6(3-10-7)9(17)18)8(16)5-13-2-1-11-12-13/h1-2,6H,3-5H2,(H,10,15)(H,17,18). The van der Waals surface area contributed by atoms with Crippen molar-refractivity contribution in [3.8, 4) is 0 Å². The minimum absolute atomic E-state index is 0.0860. The van der Waals surface area contributed by atoms with Gasteiger partial charge in [-0.2, -0.15) is 0 Å². The van der Waals surface area contributed by atoms with Crippen molar-refractivity contribution in [1.82, 2.24) is 25.2 Å². The van der Waals surface area contributed by atoms with Gasteiger partial charge in [0.2, 0.25) is 11.8 Å². The van der Waals surface area contributed by atoms with Crippen LogP contribution in [0, 0.1) is 0 Å². The lowest BCUT2D eigenvalue weighted by molar-refractivity contribution is -0.154. The van der Waals surface area contributed by atoms with Crippen molar-refractivity contribution < 1.29 is 19.5 Å². The molecule has 1 aromatic rings. The van der Waals surface area contributed by atoms with Crippen molar-refractivity contribution in [3.63, 3.8) is 0 Å². The molecule has 9 nitrogen and oxygen atoms in total. The molecular weight excluding hydrogens is 242 g/mol. The Morgan fingerprint density at radius 2 is 2.33 bits per heavy atom. The summed E-state index contributed by atoms with van der Waals surface area (Å²) in [5, 5.41) is 18.5. The van der Waals surface area contributed by atoms with E-state index in [0.29, 0.717) is 0 Å². The Hall–Kier alpha value is -2.45. The first kappa shape index (κ1) is 12.0. The fourth-order valence-electron chi connectivity index (χ4n) is 1.67. The van der Waals surface area contributed by atoms with Crippen LogP contribution in [-0.4, -0.2) is 61.9 Å². The average molecular weight is 253 g/mol. The highest BCUT2D eigenvalue weighted by molar-refractivity contribution is 5.91. The van der Waals surface area contributed by atoms with Crippen LogP contribution >= 0.6 is 0 Å². The summed E-state index contributed by atoms with van der Waals surface area (Å²) < 4.78 is 1.27. The number of nitrogens with one attached hydrogen (secondary N) is 1. The molecule has 2 heterocycles. The number of nitrogens with zero attached hydrogens (tertiary/aromatic N) is 4. The van der Waals surface area contributed by atoms with Gasteiger partial charge in [-0.1, -0.05) is 5.21 Å². The predicted molar refractivity (Wildman–Crippen MR) is 56.2 cm³/mol. The summed E-state index contributed by atoms with van der Waals surface area (Å²) in [4.78, 5) is 35.2. The molecule has 1 saturated heterocycles. The summed E-state index contributed by atoms with van der Waals surface area (Å²) in [6.45, 7) is -0.487. The van der Waals surface area contributed by atoms with E-state index in [4.69, 9.17) is 5.11 Å². The Balaban J connectivity index is 2.09. The van der Waals surface area contributed by atoms with Crippen LogP contribution in [0.5, 0.6) is 0 Å². The number of hydrogen-bond donors (Lipinski definition) is 2. The molecule has 9 heteroatoms. The number of aliphatic carboxylic acids is 1. The fourth-order valence-corrected chi connectivity index (χ4v) is 1.67. The number of amides is 2. The molecule has 1 aliphatic heterocycles. The summed E-state index contributed by atoms with van der Waals surface area (Å²) in [6, 6.07) is -1.04. The maximum absolute atomic E-state index is 11.9. The van der Waals surface area contributed by atoms with Crippen molar-refractivity contribution in [2.45, 2.75) is 12.6 Å². The summed E-state index contributed by atoms with van der Waals surface area (Å²) in [6.07, 6.45) is 2.89. The molecule has 0 radical (unpaired) electrons. The average Bonchev–Trinajstić information content (AvgIpc) is 2.81. The maximum Gasteiger partial charge on any atom is 0.328 e. The molecule has 18 heavy (non-hydrogen) atoms. The molecule has 2 N–H and O–H groups in total. The molecule has 1 atom stereocenters. The van der Waals surface area contributed by atoms with E-state index in [1.54, 1.807) is 0 Å². The molecule has 2 amide bonds. The lowest BCUT2D eigenvalue weighted by Gasteiger charge is -2.32. The number of rotatable bonds is 3. The molecule has 1 aromatic heterocycles. The third-order valence-electron chi connectivity index (χ3n) is 2.56. The van der Waals surface area contributed by atoms with Crippen LogP contribution in [0.2, 0.25) is 0 Å².